The van der Waals surface area contributed by atoms with E-state index in [0.717, 1.165) is 30.7 Å². The molecule has 3 heterocycles. The number of benzene rings is 1. The molecule has 2 bridgehead atoms. The van der Waals surface area contributed by atoms with E-state index in [1.807, 2.05) is 29.2 Å². The van der Waals surface area contributed by atoms with Crippen LogP contribution in [-0.4, -0.2) is 35.6 Å². The molecule has 180 valence electrons. The average Bonchev–Trinajstić information content (AvgIpc) is 3.51. The molecule has 5 atom stereocenters. The Hall–Kier alpha value is -2.44. The molecule has 2 fully saturated rings. The van der Waals surface area contributed by atoms with Crippen LogP contribution in [0.15, 0.2) is 59.4 Å². The summed E-state index contributed by atoms with van der Waals surface area (Å²) >= 11 is 1.69. The summed E-state index contributed by atoms with van der Waals surface area (Å²) in [5.74, 6) is 1.30. The third-order valence-electron chi connectivity index (χ3n) is 8.11. The van der Waals surface area contributed by atoms with Gasteiger partial charge >= 0.3 is 0 Å². The Morgan fingerprint density at radius 3 is 2.76 bits per heavy atom. The Kier molecular flexibility index (Phi) is 6.15. The zero-order valence-corrected chi connectivity index (χ0v) is 21.1. The van der Waals surface area contributed by atoms with E-state index in [1.54, 1.807) is 18.4 Å². The van der Waals surface area contributed by atoms with Crippen LogP contribution in [0, 0.1) is 11.3 Å². The number of carbonyl (C=O) groups is 1. The number of methoxy groups -OCH3 is 1. The van der Waals surface area contributed by atoms with Gasteiger partial charge in [0.15, 0.2) is 12.0 Å². The molecular formula is C28H34N2O3S. The van der Waals surface area contributed by atoms with Gasteiger partial charge in [-0.2, -0.15) is 0 Å². The molecule has 2 aromatic rings. The van der Waals surface area contributed by atoms with Crippen LogP contribution in [0.1, 0.15) is 62.3 Å². The van der Waals surface area contributed by atoms with Crippen molar-refractivity contribution in [3.63, 3.8) is 0 Å². The van der Waals surface area contributed by atoms with Gasteiger partial charge in [-0.3, -0.25) is 9.79 Å². The Labute approximate surface area is 206 Å². The molecule has 0 N–H and O–H groups in total. The van der Waals surface area contributed by atoms with Crippen molar-refractivity contribution >= 4 is 23.0 Å². The molecule has 0 radical (unpaired) electrons. The van der Waals surface area contributed by atoms with Crippen molar-refractivity contribution in [2.24, 2.45) is 16.3 Å². The fraction of sp³-hybridized carbons (Fsp3) is 0.500. The highest BCUT2D eigenvalue weighted by Crippen LogP contribution is 2.60. The molecule has 1 saturated carbocycles. The number of rotatable bonds is 8. The minimum absolute atomic E-state index is 0.109. The maximum absolute atomic E-state index is 14.4. The second-order valence-electron chi connectivity index (χ2n) is 9.89. The highest BCUT2D eigenvalue weighted by Gasteiger charge is 2.68. The van der Waals surface area contributed by atoms with E-state index in [0.29, 0.717) is 19.4 Å². The normalized spacial score (nSPS) is 32.3. The lowest BCUT2D eigenvalue weighted by molar-refractivity contribution is -0.152. The molecule has 2 aliphatic heterocycles. The maximum Gasteiger partial charge on any atom is 0.232 e. The van der Waals surface area contributed by atoms with E-state index in [-0.39, 0.29) is 24.0 Å². The second-order valence-corrected chi connectivity index (χ2v) is 10.9. The molecule has 1 aromatic heterocycles. The minimum Gasteiger partial charge on any atom is -0.497 e. The number of hydrogen-bond donors (Lipinski definition) is 0. The molecule has 6 heteroatoms. The number of carbonyl (C=O) groups excluding carboxylic acids is 1. The summed E-state index contributed by atoms with van der Waals surface area (Å²) in [5, 5.41) is 2.07. The third-order valence-corrected chi connectivity index (χ3v) is 8.98. The van der Waals surface area contributed by atoms with Gasteiger partial charge in [-0.1, -0.05) is 44.5 Å². The van der Waals surface area contributed by atoms with Crippen molar-refractivity contribution in [1.29, 1.82) is 0 Å². The van der Waals surface area contributed by atoms with Crippen LogP contribution in [0.3, 0.4) is 0 Å². The van der Waals surface area contributed by atoms with Crippen molar-refractivity contribution in [3.05, 3.63) is 64.9 Å². The summed E-state index contributed by atoms with van der Waals surface area (Å²) in [6.45, 7) is 9.02. The van der Waals surface area contributed by atoms with Gasteiger partial charge in [0.1, 0.15) is 5.75 Å². The molecule has 0 unspecified atom stereocenters. The standard InChI is InChI=1S/C28H34N2O3S/c1-5-8-25-29-24-16-23(20-10-12-21(32-4)13-11-20)19(3)27(14-6-2)18-28(24,33-25)30(26(27)31)17-22-9-7-15-34-22/h6-7,9-13,15,19,23,25H,2,5,8,14,16-18H2,1,3-4H3/t19-,23+,25-,27+,28+/m1/s1. The molecule has 34 heavy (non-hydrogen) atoms. The first-order chi connectivity index (χ1) is 16.5. The van der Waals surface area contributed by atoms with Crippen LogP contribution in [0.2, 0.25) is 0 Å². The fourth-order valence-corrected chi connectivity index (χ4v) is 7.01. The van der Waals surface area contributed by atoms with Gasteiger partial charge in [-0.15, -0.1) is 17.9 Å². The third kappa shape index (κ3) is 3.54. The number of hydrogen-bond acceptors (Lipinski definition) is 5. The second kappa shape index (κ2) is 8.97. The van der Waals surface area contributed by atoms with Crippen LogP contribution in [0.25, 0.3) is 0 Å². The van der Waals surface area contributed by atoms with Crippen LogP contribution in [0.4, 0.5) is 0 Å². The largest absolute Gasteiger partial charge is 0.497 e. The van der Waals surface area contributed by atoms with E-state index in [2.05, 4.69) is 44.0 Å². The van der Waals surface area contributed by atoms with Crippen molar-refractivity contribution in [2.75, 3.05) is 7.11 Å². The number of amides is 1. The van der Waals surface area contributed by atoms with Crippen molar-refractivity contribution in [3.8, 4) is 5.75 Å². The lowest BCUT2D eigenvalue weighted by Crippen LogP contribution is -2.52. The van der Waals surface area contributed by atoms with Gasteiger partial charge in [-0.25, -0.2) is 0 Å². The molecule has 3 aliphatic rings. The summed E-state index contributed by atoms with van der Waals surface area (Å²) in [5.41, 5.74) is 0.923. The zero-order chi connectivity index (χ0) is 23.9. The number of aliphatic imine (C=N–C) groups is 1. The van der Waals surface area contributed by atoms with Crippen molar-refractivity contribution in [2.45, 2.75) is 70.4 Å². The number of thiophene rings is 1. The maximum atomic E-state index is 14.4. The SMILES string of the molecule is C=CC[C@]12C[C@@]3(O[C@H](CCC)N=C3C[C@H](c3ccc(OC)cc3)[C@H]1C)N(Cc1cccs1)C2=O. The molecule has 1 amide bonds. The summed E-state index contributed by atoms with van der Waals surface area (Å²) in [6.07, 6.45) is 5.66. The van der Waals surface area contributed by atoms with Crippen LogP contribution in [0.5, 0.6) is 5.75 Å². The van der Waals surface area contributed by atoms with E-state index in [4.69, 9.17) is 14.5 Å². The molecule has 5 nitrogen and oxygen atoms in total. The van der Waals surface area contributed by atoms with Crippen molar-refractivity contribution in [1.82, 2.24) is 4.90 Å². The average molecular weight is 479 g/mol. The van der Waals surface area contributed by atoms with E-state index in [9.17, 15) is 4.79 Å². The molecule has 1 aliphatic carbocycles. The van der Waals surface area contributed by atoms with Gasteiger partial charge in [0.05, 0.1) is 24.8 Å². The van der Waals surface area contributed by atoms with Crippen LogP contribution in [-0.2, 0) is 16.1 Å². The molecular weight excluding hydrogens is 444 g/mol. The molecule has 5 rings (SSSR count). The first-order valence-electron chi connectivity index (χ1n) is 12.3. The Morgan fingerprint density at radius 2 is 2.12 bits per heavy atom. The van der Waals surface area contributed by atoms with Gasteiger partial charge in [0.25, 0.3) is 0 Å². The summed E-state index contributed by atoms with van der Waals surface area (Å²) in [4.78, 5) is 22.7. The minimum atomic E-state index is -0.764. The number of likely N-dealkylation sites (tertiary alicyclic amines) is 1. The first-order valence-corrected chi connectivity index (χ1v) is 13.2. The van der Waals surface area contributed by atoms with Crippen molar-refractivity contribution < 1.29 is 14.3 Å². The quantitative estimate of drug-likeness (QED) is 0.427. The summed E-state index contributed by atoms with van der Waals surface area (Å²) in [6, 6.07) is 12.5. The number of allylic oxidation sites excluding steroid dienone is 1. The zero-order valence-electron chi connectivity index (χ0n) is 20.3. The predicted molar refractivity (Wildman–Crippen MR) is 136 cm³/mol. The van der Waals surface area contributed by atoms with E-state index < -0.39 is 11.1 Å². The summed E-state index contributed by atoms with van der Waals surface area (Å²) < 4.78 is 12.2. The van der Waals surface area contributed by atoms with Crippen LogP contribution < -0.4 is 4.74 Å². The molecule has 1 saturated heterocycles. The van der Waals surface area contributed by atoms with Gasteiger partial charge < -0.3 is 14.4 Å². The Morgan fingerprint density at radius 1 is 1.32 bits per heavy atom. The fourth-order valence-electron chi connectivity index (χ4n) is 6.32. The molecule has 1 spiro atoms. The predicted octanol–water partition coefficient (Wildman–Crippen LogP) is 6.17. The Bertz CT molecular complexity index is 1080. The van der Waals surface area contributed by atoms with Gasteiger partial charge in [0.2, 0.25) is 5.91 Å². The summed E-state index contributed by atoms with van der Waals surface area (Å²) in [7, 11) is 1.68. The lowest BCUT2D eigenvalue weighted by Gasteiger charge is -2.39. The van der Waals surface area contributed by atoms with E-state index in [1.165, 1.54) is 10.4 Å². The number of ether oxygens (including phenoxy) is 2. The highest BCUT2D eigenvalue weighted by atomic mass is 32.1. The monoisotopic (exact) mass is 478 g/mol. The van der Waals surface area contributed by atoms with Gasteiger partial charge in [0, 0.05) is 11.3 Å². The Balaban J connectivity index is 1.63. The smallest absolute Gasteiger partial charge is 0.232 e. The van der Waals surface area contributed by atoms with Crippen LogP contribution >= 0.6 is 11.3 Å². The topological polar surface area (TPSA) is 51.1 Å². The van der Waals surface area contributed by atoms with Gasteiger partial charge in [-0.05, 0) is 60.2 Å². The molecule has 1 aromatic carbocycles. The number of fused-ring (bicyclic) bond motifs is 1. The van der Waals surface area contributed by atoms with E-state index >= 15 is 0 Å². The first kappa shape index (κ1) is 23.3. The highest BCUT2D eigenvalue weighted by molar-refractivity contribution is 7.09. The number of nitrogens with zero attached hydrogens (tertiary/aromatic N) is 2. The lowest BCUT2D eigenvalue weighted by atomic mass is 9.66.